The van der Waals surface area contributed by atoms with E-state index in [0.29, 0.717) is 23.5 Å². The second-order valence-electron chi connectivity index (χ2n) is 5.92. The van der Waals surface area contributed by atoms with Crippen molar-refractivity contribution in [3.05, 3.63) is 59.8 Å². The molecule has 6 nitrogen and oxygen atoms in total. The molecule has 0 aliphatic carbocycles. The van der Waals surface area contributed by atoms with Crippen LogP contribution >= 0.6 is 0 Å². The Bertz CT molecular complexity index is 974. The van der Waals surface area contributed by atoms with Gasteiger partial charge in [0.25, 0.3) is 0 Å². The van der Waals surface area contributed by atoms with Gasteiger partial charge < -0.3 is 16.0 Å². The zero-order chi connectivity index (χ0) is 18.5. The number of fused-ring (bicyclic) bond motifs is 1. The number of nitrogens with zero attached hydrogens (tertiary/aromatic N) is 1. The lowest BCUT2D eigenvalue weighted by atomic mass is 10.0. The lowest BCUT2D eigenvalue weighted by Gasteiger charge is -2.04. The average Bonchev–Trinajstić information content (AvgIpc) is 3.02. The van der Waals surface area contributed by atoms with E-state index in [-0.39, 0.29) is 5.91 Å². The fourth-order valence-electron chi connectivity index (χ4n) is 2.72. The van der Waals surface area contributed by atoms with E-state index in [0.717, 1.165) is 22.9 Å². The Labute approximate surface area is 151 Å². The zero-order valence-electron chi connectivity index (χ0n) is 14.5. The number of rotatable bonds is 6. The van der Waals surface area contributed by atoms with Crippen LogP contribution in [0.25, 0.3) is 22.7 Å². The summed E-state index contributed by atoms with van der Waals surface area (Å²) >= 11 is 0. The van der Waals surface area contributed by atoms with Crippen LogP contribution in [0, 0.1) is 0 Å². The smallest absolute Gasteiger partial charge is 0.249 e. The largest absolute Gasteiger partial charge is 0.366 e. The molecule has 0 radical (unpaired) electrons. The first-order valence-corrected chi connectivity index (χ1v) is 8.43. The van der Waals surface area contributed by atoms with Gasteiger partial charge in [-0.2, -0.15) is 0 Å². The molecule has 0 bridgehead atoms. The van der Waals surface area contributed by atoms with E-state index in [2.05, 4.69) is 15.3 Å². The van der Waals surface area contributed by atoms with Crippen molar-refractivity contribution in [1.29, 1.82) is 0 Å². The minimum Gasteiger partial charge on any atom is -0.366 e. The van der Waals surface area contributed by atoms with E-state index in [1.165, 1.54) is 0 Å². The first-order valence-electron chi connectivity index (χ1n) is 8.43. The van der Waals surface area contributed by atoms with Crippen LogP contribution in [0.4, 0.5) is 5.82 Å². The lowest BCUT2D eigenvalue weighted by Crippen LogP contribution is -2.12. The van der Waals surface area contributed by atoms with Gasteiger partial charge in [0.1, 0.15) is 11.5 Å². The number of primary amides is 1. The van der Waals surface area contributed by atoms with Crippen LogP contribution in [0.15, 0.2) is 48.7 Å². The second-order valence-corrected chi connectivity index (χ2v) is 5.92. The normalized spacial score (nSPS) is 11.5. The van der Waals surface area contributed by atoms with Gasteiger partial charge in [0.05, 0.1) is 0 Å². The SMILES string of the molecule is CCCC(=O)Nc1ccc2c(C=C(C(N)=O)c3ccccc3)c[nH]c2n1. The number of carbonyl (C=O) groups is 2. The van der Waals surface area contributed by atoms with Crippen LogP contribution in [0.2, 0.25) is 0 Å². The van der Waals surface area contributed by atoms with Gasteiger partial charge >= 0.3 is 0 Å². The molecule has 132 valence electrons. The minimum absolute atomic E-state index is 0.0638. The number of nitrogens with two attached hydrogens (primary N) is 1. The Kier molecular flexibility index (Phi) is 5.12. The highest BCUT2D eigenvalue weighted by Gasteiger charge is 2.11. The van der Waals surface area contributed by atoms with E-state index in [1.807, 2.05) is 43.3 Å². The Balaban J connectivity index is 1.95. The number of aromatic nitrogens is 2. The van der Waals surface area contributed by atoms with Gasteiger partial charge in [0.15, 0.2) is 0 Å². The van der Waals surface area contributed by atoms with Gasteiger partial charge in [-0.25, -0.2) is 4.98 Å². The van der Waals surface area contributed by atoms with Crippen molar-refractivity contribution >= 4 is 40.3 Å². The van der Waals surface area contributed by atoms with Crippen molar-refractivity contribution in [2.24, 2.45) is 5.73 Å². The number of nitrogens with one attached hydrogen (secondary N) is 2. The summed E-state index contributed by atoms with van der Waals surface area (Å²) in [4.78, 5) is 31.1. The molecule has 26 heavy (non-hydrogen) atoms. The molecule has 0 spiro atoms. The standard InChI is InChI=1S/C20H20N4O2/c1-2-6-18(25)23-17-10-9-15-14(12-22-20(15)24-17)11-16(19(21)26)13-7-4-3-5-8-13/h3-5,7-12H,2,6H2,1H3,(H2,21,26)(H2,22,23,24,25). The second kappa shape index (κ2) is 7.65. The number of H-pyrrole nitrogens is 1. The number of carbonyl (C=O) groups excluding carboxylic acids is 2. The van der Waals surface area contributed by atoms with Crippen molar-refractivity contribution < 1.29 is 9.59 Å². The summed E-state index contributed by atoms with van der Waals surface area (Å²) in [6.07, 6.45) is 4.74. The maximum atomic E-state index is 11.9. The van der Waals surface area contributed by atoms with Crippen molar-refractivity contribution in [1.82, 2.24) is 9.97 Å². The van der Waals surface area contributed by atoms with Gasteiger partial charge in [-0.3, -0.25) is 9.59 Å². The molecule has 3 rings (SSSR count). The number of pyridine rings is 1. The lowest BCUT2D eigenvalue weighted by molar-refractivity contribution is -0.116. The number of hydrogen-bond donors (Lipinski definition) is 3. The molecule has 4 N–H and O–H groups in total. The molecule has 3 aromatic rings. The van der Waals surface area contributed by atoms with Crippen molar-refractivity contribution in [3.63, 3.8) is 0 Å². The molecule has 0 saturated carbocycles. The fraction of sp³-hybridized carbons (Fsp3) is 0.150. The first kappa shape index (κ1) is 17.4. The molecular formula is C20H20N4O2. The summed E-state index contributed by atoms with van der Waals surface area (Å²) in [5.74, 6) is -0.0698. The molecule has 0 atom stereocenters. The Morgan fingerprint density at radius 3 is 2.65 bits per heavy atom. The molecule has 0 unspecified atom stereocenters. The van der Waals surface area contributed by atoms with Crippen LogP contribution in [-0.4, -0.2) is 21.8 Å². The monoisotopic (exact) mass is 348 g/mol. The molecule has 2 amide bonds. The summed E-state index contributed by atoms with van der Waals surface area (Å²) in [7, 11) is 0. The molecule has 0 fully saturated rings. The summed E-state index contributed by atoms with van der Waals surface area (Å²) in [5.41, 5.74) is 8.16. The summed E-state index contributed by atoms with van der Waals surface area (Å²) in [6, 6.07) is 12.9. The Hall–Kier alpha value is -3.41. The highest BCUT2D eigenvalue weighted by molar-refractivity contribution is 6.24. The van der Waals surface area contributed by atoms with Gasteiger partial charge in [-0.1, -0.05) is 37.3 Å². The van der Waals surface area contributed by atoms with E-state index in [9.17, 15) is 9.59 Å². The van der Waals surface area contributed by atoms with Crippen molar-refractivity contribution in [2.75, 3.05) is 5.32 Å². The van der Waals surface area contributed by atoms with Gasteiger partial charge in [-0.05, 0) is 30.2 Å². The van der Waals surface area contributed by atoms with E-state index >= 15 is 0 Å². The quantitative estimate of drug-likeness (QED) is 0.596. The molecule has 1 aromatic carbocycles. The number of benzene rings is 1. The van der Waals surface area contributed by atoms with Crippen LogP contribution in [0.5, 0.6) is 0 Å². The molecule has 2 aromatic heterocycles. The van der Waals surface area contributed by atoms with E-state index in [4.69, 9.17) is 5.73 Å². The molecule has 0 aliphatic rings. The highest BCUT2D eigenvalue weighted by atomic mass is 16.2. The third-order valence-electron chi connectivity index (χ3n) is 3.97. The van der Waals surface area contributed by atoms with E-state index in [1.54, 1.807) is 18.3 Å². The number of aromatic amines is 1. The zero-order valence-corrected chi connectivity index (χ0v) is 14.5. The number of amides is 2. The molecule has 2 heterocycles. The number of anilines is 1. The third-order valence-corrected chi connectivity index (χ3v) is 3.97. The average molecular weight is 348 g/mol. The Morgan fingerprint density at radius 1 is 1.19 bits per heavy atom. The topological polar surface area (TPSA) is 101 Å². The van der Waals surface area contributed by atoms with Crippen LogP contribution in [0.1, 0.15) is 30.9 Å². The summed E-state index contributed by atoms with van der Waals surface area (Å²) < 4.78 is 0. The van der Waals surface area contributed by atoms with Crippen LogP contribution in [0.3, 0.4) is 0 Å². The predicted octanol–water partition coefficient (Wildman–Crippen LogP) is 3.33. The summed E-state index contributed by atoms with van der Waals surface area (Å²) in [6.45, 7) is 1.95. The van der Waals surface area contributed by atoms with Crippen molar-refractivity contribution in [2.45, 2.75) is 19.8 Å². The molecule has 0 saturated heterocycles. The van der Waals surface area contributed by atoms with Gasteiger partial charge in [-0.15, -0.1) is 0 Å². The third kappa shape index (κ3) is 3.80. The predicted molar refractivity (Wildman–Crippen MR) is 103 cm³/mol. The number of hydrogen-bond acceptors (Lipinski definition) is 3. The van der Waals surface area contributed by atoms with Gasteiger partial charge in [0.2, 0.25) is 11.8 Å². The highest BCUT2D eigenvalue weighted by Crippen LogP contribution is 2.24. The van der Waals surface area contributed by atoms with Crippen LogP contribution < -0.4 is 11.1 Å². The molecule has 6 heteroatoms. The van der Waals surface area contributed by atoms with Gasteiger partial charge in [0, 0.05) is 29.1 Å². The van der Waals surface area contributed by atoms with Crippen molar-refractivity contribution in [3.8, 4) is 0 Å². The fourth-order valence-corrected chi connectivity index (χ4v) is 2.72. The summed E-state index contributed by atoms with van der Waals surface area (Å²) in [5, 5.41) is 3.61. The maximum absolute atomic E-state index is 11.9. The first-order chi connectivity index (χ1) is 12.6. The van der Waals surface area contributed by atoms with E-state index < -0.39 is 5.91 Å². The minimum atomic E-state index is -0.498. The Morgan fingerprint density at radius 2 is 1.96 bits per heavy atom. The van der Waals surface area contributed by atoms with Crippen LogP contribution in [-0.2, 0) is 9.59 Å². The molecular weight excluding hydrogens is 328 g/mol. The molecule has 0 aliphatic heterocycles. The maximum Gasteiger partial charge on any atom is 0.249 e.